The summed E-state index contributed by atoms with van der Waals surface area (Å²) in [5, 5.41) is 0.458. The maximum atomic E-state index is 13.4. The van der Waals surface area contributed by atoms with Crippen molar-refractivity contribution in [1.29, 1.82) is 0 Å². The van der Waals surface area contributed by atoms with Crippen molar-refractivity contribution < 1.29 is 22.7 Å². The van der Waals surface area contributed by atoms with Gasteiger partial charge < -0.3 is 14.5 Å². The summed E-state index contributed by atoms with van der Waals surface area (Å²) in [6.45, 7) is 8.72. The minimum Gasteiger partial charge on any atom is -0.444 e. The quantitative estimate of drug-likeness (QED) is 0.655. The molecule has 0 aliphatic carbocycles. The predicted molar refractivity (Wildman–Crippen MR) is 111 cm³/mol. The van der Waals surface area contributed by atoms with Crippen molar-refractivity contribution in [1.82, 2.24) is 9.88 Å². The van der Waals surface area contributed by atoms with Crippen LogP contribution in [0.15, 0.2) is 30.5 Å². The summed E-state index contributed by atoms with van der Waals surface area (Å²) >= 11 is 0. The topological polar surface area (TPSA) is 45.7 Å². The highest BCUT2D eigenvalue weighted by Crippen LogP contribution is 2.38. The number of rotatable bonds is 2. The highest BCUT2D eigenvalue weighted by molar-refractivity contribution is 5.94. The minimum absolute atomic E-state index is 0.0576. The largest absolute Gasteiger partial charge is 0.444 e. The average molecular weight is 423 g/mol. The van der Waals surface area contributed by atoms with Crippen LogP contribution >= 0.6 is 0 Å². The number of carbonyl (C=O) groups excluding carboxylic acids is 1. The van der Waals surface area contributed by atoms with Crippen molar-refractivity contribution in [2.75, 3.05) is 25.0 Å². The van der Waals surface area contributed by atoms with Gasteiger partial charge in [-0.1, -0.05) is 6.92 Å². The van der Waals surface area contributed by atoms with Crippen LogP contribution in [0.4, 0.5) is 23.7 Å². The Morgan fingerprint density at radius 2 is 1.90 bits per heavy atom. The fraction of sp³-hybridized carbons (Fsp3) is 0.545. The molecule has 2 atom stereocenters. The molecule has 0 unspecified atom stereocenters. The molecule has 0 bridgehead atoms. The Kier molecular flexibility index (Phi) is 5.89. The first kappa shape index (κ1) is 22.2. The number of piperidine rings is 1. The van der Waals surface area contributed by atoms with Crippen molar-refractivity contribution >= 4 is 22.7 Å². The lowest BCUT2D eigenvalue weighted by atomic mass is 9.94. The zero-order valence-corrected chi connectivity index (χ0v) is 18.0. The molecule has 0 N–H and O–H groups in total. The van der Waals surface area contributed by atoms with E-state index in [4.69, 9.17) is 4.74 Å². The van der Waals surface area contributed by atoms with Crippen molar-refractivity contribution in [2.45, 2.75) is 51.9 Å². The number of hydrogen-bond donors (Lipinski definition) is 0. The van der Waals surface area contributed by atoms with E-state index in [1.165, 1.54) is 12.3 Å². The molecule has 1 aliphatic rings. The molecular formula is C22H28F3N3O2. The second-order valence-corrected chi connectivity index (χ2v) is 9.02. The van der Waals surface area contributed by atoms with E-state index < -0.39 is 23.4 Å². The van der Waals surface area contributed by atoms with Crippen molar-refractivity contribution in [2.24, 2.45) is 5.92 Å². The van der Waals surface area contributed by atoms with Crippen LogP contribution in [0.25, 0.3) is 10.9 Å². The maximum Gasteiger partial charge on any atom is 0.418 e. The van der Waals surface area contributed by atoms with Crippen LogP contribution < -0.4 is 4.90 Å². The fourth-order valence-electron chi connectivity index (χ4n) is 3.94. The predicted octanol–water partition coefficient (Wildman–Crippen LogP) is 5.34. The van der Waals surface area contributed by atoms with E-state index in [2.05, 4.69) is 11.9 Å². The Hall–Kier alpha value is -2.51. The molecule has 8 heteroatoms. The smallest absolute Gasteiger partial charge is 0.418 e. The molecule has 5 nitrogen and oxygen atoms in total. The number of alkyl halides is 3. The molecule has 0 saturated carbocycles. The van der Waals surface area contributed by atoms with Crippen LogP contribution in [0, 0.1) is 5.92 Å². The Bertz CT molecular complexity index is 924. The summed E-state index contributed by atoms with van der Waals surface area (Å²) in [6.07, 6.45) is -2.71. The van der Waals surface area contributed by atoms with E-state index in [9.17, 15) is 18.0 Å². The number of benzene rings is 1. The van der Waals surface area contributed by atoms with Crippen LogP contribution in [-0.4, -0.2) is 47.8 Å². The van der Waals surface area contributed by atoms with Crippen LogP contribution in [0.5, 0.6) is 0 Å². The first-order valence-electron chi connectivity index (χ1n) is 10.0. The highest BCUT2D eigenvalue weighted by atomic mass is 19.4. The third-order valence-corrected chi connectivity index (χ3v) is 5.26. The Balaban J connectivity index is 1.93. The van der Waals surface area contributed by atoms with Gasteiger partial charge in [0.05, 0.1) is 17.1 Å². The Labute approximate surface area is 174 Å². The zero-order valence-electron chi connectivity index (χ0n) is 18.0. The maximum absolute atomic E-state index is 13.4. The number of hydrogen-bond acceptors (Lipinski definition) is 4. The number of aromatic nitrogens is 1. The summed E-state index contributed by atoms with van der Waals surface area (Å²) in [5.74, 6) is 0.252. The molecule has 164 valence electrons. The first-order valence-corrected chi connectivity index (χ1v) is 10.0. The van der Waals surface area contributed by atoms with Gasteiger partial charge in [0.25, 0.3) is 0 Å². The molecule has 1 saturated heterocycles. The Morgan fingerprint density at radius 1 is 1.20 bits per heavy atom. The van der Waals surface area contributed by atoms with Crippen LogP contribution in [0.1, 0.15) is 39.7 Å². The van der Waals surface area contributed by atoms with Gasteiger partial charge in [0.2, 0.25) is 0 Å². The molecule has 1 aromatic carbocycles. The third-order valence-electron chi connectivity index (χ3n) is 5.26. The normalized spacial score (nSPS) is 20.3. The Morgan fingerprint density at radius 3 is 2.53 bits per heavy atom. The molecule has 1 fully saturated rings. The number of nitrogens with zero attached hydrogens (tertiary/aromatic N) is 3. The van der Waals surface area contributed by atoms with Gasteiger partial charge in [0, 0.05) is 37.4 Å². The van der Waals surface area contributed by atoms with Gasteiger partial charge in [-0.25, -0.2) is 4.79 Å². The number of pyridine rings is 1. The summed E-state index contributed by atoms with van der Waals surface area (Å²) in [6, 6.07) is 5.80. The first-order chi connectivity index (χ1) is 13.9. The molecule has 3 rings (SSSR count). The molecule has 2 heterocycles. The standard InChI is InChI=1S/C22H28F3N3O2/c1-14-11-15(27(5)20(29)30-21(2,3)4)13-28(12-14)18-9-8-17(22(23,24)25)19-16(18)7-6-10-26-19/h6-10,14-15H,11-13H2,1-5H3/t14-,15+/m0/s1. The number of likely N-dealkylation sites (N-methyl/N-ethyl adjacent to an activating group) is 1. The minimum atomic E-state index is -4.47. The van der Waals surface area contributed by atoms with Gasteiger partial charge >= 0.3 is 12.3 Å². The zero-order chi connectivity index (χ0) is 22.3. The molecule has 2 aromatic rings. The van der Waals surface area contributed by atoms with Gasteiger partial charge in [0.1, 0.15) is 5.60 Å². The summed E-state index contributed by atoms with van der Waals surface area (Å²) in [5.41, 5.74) is -0.701. The van der Waals surface area contributed by atoms with E-state index in [1.54, 1.807) is 24.1 Å². The van der Waals surface area contributed by atoms with Gasteiger partial charge in [-0.15, -0.1) is 0 Å². The number of anilines is 1. The number of ether oxygens (including phenoxy) is 1. The van der Waals surface area contributed by atoms with Gasteiger partial charge in [-0.05, 0) is 57.4 Å². The number of halogens is 3. The van der Waals surface area contributed by atoms with E-state index >= 15 is 0 Å². The van der Waals surface area contributed by atoms with Crippen LogP contribution in [-0.2, 0) is 10.9 Å². The third kappa shape index (κ3) is 4.79. The van der Waals surface area contributed by atoms with E-state index in [0.717, 1.165) is 12.5 Å². The molecule has 30 heavy (non-hydrogen) atoms. The number of fused-ring (bicyclic) bond motifs is 1. The van der Waals surface area contributed by atoms with Crippen molar-refractivity contribution in [3.8, 4) is 0 Å². The lowest BCUT2D eigenvalue weighted by Gasteiger charge is -2.42. The molecule has 1 aliphatic heterocycles. The van der Waals surface area contributed by atoms with Gasteiger partial charge in [-0.2, -0.15) is 13.2 Å². The van der Waals surface area contributed by atoms with Crippen molar-refractivity contribution in [3.63, 3.8) is 0 Å². The highest BCUT2D eigenvalue weighted by Gasteiger charge is 2.36. The van der Waals surface area contributed by atoms with Crippen LogP contribution in [0.2, 0.25) is 0 Å². The number of amides is 1. The molecule has 0 radical (unpaired) electrons. The van der Waals surface area contributed by atoms with Gasteiger partial charge in [-0.3, -0.25) is 4.98 Å². The monoisotopic (exact) mass is 423 g/mol. The summed E-state index contributed by atoms with van der Waals surface area (Å²) in [4.78, 5) is 20.2. The lowest BCUT2D eigenvalue weighted by Crippen LogP contribution is -2.52. The summed E-state index contributed by atoms with van der Waals surface area (Å²) < 4.78 is 45.8. The second kappa shape index (κ2) is 7.96. The van der Waals surface area contributed by atoms with Crippen molar-refractivity contribution in [3.05, 3.63) is 36.0 Å². The van der Waals surface area contributed by atoms with E-state index in [0.29, 0.717) is 24.2 Å². The molecule has 1 aromatic heterocycles. The molecule has 1 amide bonds. The second-order valence-electron chi connectivity index (χ2n) is 9.02. The van der Waals surface area contributed by atoms with E-state index in [1.807, 2.05) is 25.7 Å². The lowest BCUT2D eigenvalue weighted by molar-refractivity contribution is -0.136. The number of carbonyl (C=O) groups is 1. The molecular weight excluding hydrogens is 395 g/mol. The SMILES string of the molecule is C[C@H]1C[C@@H](N(C)C(=O)OC(C)(C)C)CN(c2ccc(C(F)(F)F)c3ncccc23)C1. The van der Waals surface area contributed by atoms with Crippen LogP contribution in [0.3, 0.4) is 0 Å². The van der Waals surface area contributed by atoms with E-state index in [-0.39, 0.29) is 17.5 Å². The fourth-order valence-corrected chi connectivity index (χ4v) is 3.94. The average Bonchev–Trinajstić information content (AvgIpc) is 2.63. The van der Waals surface area contributed by atoms with Gasteiger partial charge in [0.15, 0.2) is 0 Å². The molecule has 0 spiro atoms. The summed E-state index contributed by atoms with van der Waals surface area (Å²) in [7, 11) is 1.71.